The van der Waals surface area contributed by atoms with Gasteiger partial charge in [-0.2, -0.15) is 0 Å². The standard InChI is InChI=1S/C52H93NO8/c1-3-5-7-9-11-13-15-17-19-21-22-23-24-25-26-27-29-31-33-35-37-39-41-46(55)45(44-60-52-51(59)50(58)49(57)47(43-54)61-52)53-48(56)42-40-38-36-34-32-30-28-20-18-16-14-12-10-8-6-4-2/h14,16,20,25-26,28,31,33,39,41,45-47,49-52,54-55,57-59H,3-13,15,17-19,21-24,27,29-30,32,34-38,40,42-44H2,1-2H3,(H,53,56)/b16-14-,26-25+,28-20-,33-31+,41-39+. The molecule has 0 aliphatic carbocycles. The van der Waals surface area contributed by atoms with Crippen LogP contribution in [0.2, 0.25) is 0 Å². The molecule has 61 heavy (non-hydrogen) atoms. The number of unbranched alkanes of at least 4 members (excludes halogenated alkanes) is 23. The fourth-order valence-electron chi connectivity index (χ4n) is 7.51. The Bertz CT molecular complexity index is 1140. The van der Waals surface area contributed by atoms with Gasteiger partial charge in [-0.25, -0.2) is 0 Å². The molecular weight excluding hydrogens is 767 g/mol. The number of hydrogen-bond acceptors (Lipinski definition) is 8. The molecule has 1 aliphatic heterocycles. The van der Waals surface area contributed by atoms with Gasteiger partial charge in [0.05, 0.1) is 25.4 Å². The van der Waals surface area contributed by atoms with E-state index in [-0.39, 0.29) is 12.5 Å². The van der Waals surface area contributed by atoms with E-state index < -0.39 is 49.5 Å². The minimum atomic E-state index is -1.58. The number of hydrogen-bond donors (Lipinski definition) is 6. The number of carbonyl (C=O) groups excluding carboxylic acids is 1. The average Bonchev–Trinajstić information content (AvgIpc) is 3.26. The minimum Gasteiger partial charge on any atom is -0.394 e. The number of nitrogens with one attached hydrogen (secondary N) is 1. The molecule has 354 valence electrons. The van der Waals surface area contributed by atoms with Crippen molar-refractivity contribution in [3.63, 3.8) is 0 Å². The highest BCUT2D eigenvalue weighted by molar-refractivity contribution is 5.76. The van der Waals surface area contributed by atoms with Crippen molar-refractivity contribution in [3.8, 4) is 0 Å². The lowest BCUT2D eigenvalue weighted by atomic mass is 9.99. The average molecular weight is 860 g/mol. The molecule has 1 aliphatic rings. The van der Waals surface area contributed by atoms with Gasteiger partial charge in [0, 0.05) is 6.42 Å². The van der Waals surface area contributed by atoms with E-state index in [1.165, 1.54) is 116 Å². The number of ether oxygens (including phenoxy) is 2. The highest BCUT2D eigenvalue weighted by atomic mass is 16.7. The fourth-order valence-corrected chi connectivity index (χ4v) is 7.51. The maximum Gasteiger partial charge on any atom is 0.220 e. The van der Waals surface area contributed by atoms with Crippen LogP contribution < -0.4 is 5.32 Å². The number of allylic oxidation sites excluding steroid dienone is 9. The van der Waals surface area contributed by atoms with Gasteiger partial charge in [0.15, 0.2) is 6.29 Å². The first-order chi connectivity index (χ1) is 29.8. The zero-order valence-corrected chi connectivity index (χ0v) is 38.9. The zero-order valence-electron chi connectivity index (χ0n) is 38.9. The molecule has 1 saturated heterocycles. The third-order valence-electron chi connectivity index (χ3n) is 11.5. The summed E-state index contributed by atoms with van der Waals surface area (Å²) >= 11 is 0. The van der Waals surface area contributed by atoms with Gasteiger partial charge in [-0.3, -0.25) is 4.79 Å². The van der Waals surface area contributed by atoms with Crippen LogP contribution in [0.25, 0.3) is 0 Å². The van der Waals surface area contributed by atoms with Crippen LogP contribution >= 0.6 is 0 Å². The molecule has 0 aromatic heterocycles. The van der Waals surface area contributed by atoms with E-state index in [0.29, 0.717) is 6.42 Å². The summed E-state index contributed by atoms with van der Waals surface area (Å²) < 4.78 is 11.2. The van der Waals surface area contributed by atoms with Crippen LogP contribution in [0.4, 0.5) is 0 Å². The Morgan fingerprint density at radius 1 is 0.557 bits per heavy atom. The van der Waals surface area contributed by atoms with Crippen LogP contribution in [-0.4, -0.2) is 87.5 Å². The number of aliphatic hydroxyl groups excluding tert-OH is 5. The summed E-state index contributed by atoms with van der Waals surface area (Å²) in [6.07, 6.45) is 48.4. The zero-order chi connectivity index (χ0) is 44.4. The Balaban J connectivity index is 2.37. The van der Waals surface area contributed by atoms with Gasteiger partial charge < -0.3 is 40.3 Å². The van der Waals surface area contributed by atoms with Crippen molar-refractivity contribution in [2.45, 2.75) is 249 Å². The normalized spacial score (nSPS) is 20.9. The van der Waals surface area contributed by atoms with Crippen molar-refractivity contribution in [1.82, 2.24) is 5.32 Å². The van der Waals surface area contributed by atoms with Gasteiger partial charge in [-0.15, -0.1) is 0 Å². The molecule has 9 nitrogen and oxygen atoms in total. The summed E-state index contributed by atoms with van der Waals surface area (Å²) in [6.45, 7) is 3.72. The predicted molar refractivity (Wildman–Crippen MR) is 253 cm³/mol. The van der Waals surface area contributed by atoms with Crippen LogP contribution in [0.5, 0.6) is 0 Å². The molecule has 0 aromatic carbocycles. The Labute approximate surface area is 373 Å². The van der Waals surface area contributed by atoms with E-state index >= 15 is 0 Å². The van der Waals surface area contributed by atoms with Crippen molar-refractivity contribution in [3.05, 3.63) is 60.8 Å². The third-order valence-corrected chi connectivity index (χ3v) is 11.5. The van der Waals surface area contributed by atoms with Gasteiger partial charge in [0.25, 0.3) is 0 Å². The summed E-state index contributed by atoms with van der Waals surface area (Å²) in [5.74, 6) is -0.206. The number of amides is 1. The Morgan fingerprint density at radius 2 is 0.984 bits per heavy atom. The monoisotopic (exact) mass is 860 g/mol. The molecule has 1 rings (SSSR count). The molecule has 9 heteroatoms. The second kappa shape index (κ2) is 41.9. The molecule has 1 fully saturated rings. The summed E-state index contributed by atoms with van der Waals surface area (Å²) in [5, 5.41) is 54.3. The topological polar surface area (TPSA) is 149 Å². The van der Waals surface area contributed by atoms with E-state index in [9.17, 15) is 30.3 Å². The van der Waals surface area contributed by atoms with Gasteiger partial charge >= 0.3 is 0 Å². The minimum absolute atomic E-state index is 0.206. The second-order valence-corrected chi connectivity index (χ2v) is 17.2. The smallest absolute Gasteiger partial charge is 0.220 e. The van der Waals surface area contributed by atoms with Crippen LogP contribution in [0, 0.1) is 0 Å². The lowest BCUT2D eigenvalue weighted by molar-refractivity contribution is -0.302. The van der Waals surface area contributed by atoms with Crippen molar-refractivity contribution >= 4 is 5.91 Å². The van der Waals surface area contributed by atoms with Crippen LogP contribution in [0.3, 0.4) is 0 Å². The lowest BCUT2D eigenvalue weighted by Gasteiger charge is -2.40. The van der Waals surface area contributed by atoms with E-state index in [1.807, 2.05) is 6.08 Å². The highest BCUT2D eigenvalue weighted by Crippen LogP contribution is 2.22. The maximum absolute atomic E-state index is 13.0. The molecule has 0 spiro atoms. The Hall–Kier alpha value is -2.11. The SMILES string of the molecule is CCCCCC/C=C\C/C=C\CCCCCCCC(=O)NC(COC1OC(CO)C(O)C(O)C1O)C(O)/C=C/CC/C=C/CC/C=C/CCCCCCCCCCCCCC. The summed E-state index contributed by atoms with van der Waals surface area (Å²) in [6, 6.07) is -0.837. The Morgan fingerprint density at radius 3 is 1.49 bits per heavy atom. The van der Waals surface area contributed by atoms with E-state index in [2.05, 4.69) is 67.8 Å². The van der Waals surface area contributed by atoms with Crippen LogP contribution in [-0.2, 0) is 14.3 Å². The quantitative estimate of drug-likeness (QED) is 0.0263. The summed E-state index contributed by atoms with van der Waals surface area (Å²) in [5.41, 5.74) is 0. The third kappa shape index (κ3) is 32.2. The van der Waals surface area contributed by atoms with Crippen molar-refractivity contribution in [2.24, 2.45) is 0 Å². The van der Waals surface area contributed by atoms with E-state index in [1.54, 1.807) is 6.08 Å². The summed E-state index contributed by atoms with van der Waals surface area (Å²) in [7, 11) is 0. The van der Waals surface area contributed by atoms with Crippen molar-refractivity contribution in [2.75, 3.05) is 13.2 Å². The van der Waals surface area contributed by atoms with Gasteiger partial charge in [0.1, 0.15) is 24.4 Å². The van der Waals surface area contributed by atoms with Crippen molar-refractivity contribution < 1.29 is 39.8 Å². The molecule has 0 radical (unpaired) electrons. The maximum atomic E-state index is 13.0. The number of aliphatic hydroxyl groups is 5. The molecule has 7 unspecified atom stereocenters. The summed E-state index contributed by atoms with van der Waals surface area (Å²) in [4.78, 5) is 13.0. The molecule has 1 amide bonds. The molecule has 0 saturated carbocycles. The molecule has 6 N–H and O–H groups in total. The molecule has 0 aromatic rings. The predicted octanol–water partition coefficient (Wildman–Crippen LogP) is 11.2. The second-order valence-electron chi connectivity index (χ2n) is 17.2. The van der Waals surface area contributed by atoms with E-state index in [0.717, 1.165) is 70.6 Å². The molecule has 7 atom stereocenters. The lowest BCUT2D eigenvalue weighted by Crippen LogP contribution is -2.60. The number of rotatable bonds is 41. The molecule has 1 heterocycles. The first kappa shape index (κ1) is 56.9. The highest BCUT2D eigenvalue weighted by Gasteiger charge is 2.44. The molecule has 0 bridgehead atoms. The Kier molecular flexibility index (Phi) is 39.1. The van der Waals surface area contributed by atoms with Crippen LogP contribution in [0.15, 0.2) is 60.8 Å². The fraction of sp³-hybridized carbons (Fsp3) is 0.788. The van der Waals surface area contributed by atoms with Gasteiger partial charge in [-0.05, 0) is 77.0 Å². The van der Waals surface area contributed by atoms with Gasteiger partial charge in [-0.1, -0.05) is 184 Å². The van der Waals surface area contributed by atoms with Crippen LogP contribution in [0.1, 0.15) is 206 Å². The van der Waals surface area contributed by atoms with E-state index in [4.69, 9.17) is 9.47 Å². The molecular formula is C52H93NO8. The van der Waals surface area contributed by atoms with Gasteiger partial charge in [0.2, 0.25) is 5.91 Å². The largest absolute Gasteiger partial charge is 0.394 e. The van der Waals surface area contributed by atoms with Crippen molar-refractivity contribution in [1.29, 1.82) is 0 Å². The first-order valence-corrected chi connectivity index (χ1v) is 25.0. The number of carbonyl (C=O) groups is 1. The first-order valence-electron chi connectivity index (χ1n) is 25.0.